The first-order chi connectivity index (χ1) is 17.9. The average molecular weight is 528 g/mol. The van der Waals surface area contributed by atoms with Crippen LogP contribution in [0.25, 0.3) is 11.3 Å². The van der Waals surface area contributed by atoms with E-state index >= 15 is 0 Å². The van der Waals surface area contributed by atoms with Gasteiger partial charge in [0.05, 0.1) is 11.2 Å². The molecule has 2 heterocycles. The molecule has 0 amide bonds. The van der Waals surface area contributed by atoms with Crippen molar-refractivity contribution in [3.8, 4) is 17.0 Å². The van der Waals surface area contributed by atoms with Crippen LogP contribution in [0.2, 0.25) is 0 Å². The van der Waals surface area contributed by atoms with Crippen LogP contribution in [-0.4, -0.2) is 39.1 Å². The Bertz CT molecular complexity index is 1290. The first-order valence-electron chi connectivity index (χ1n) is 12.6. The highest BCUT2D eigenvalue weighted by atomic mass is 19.1. The van der Waals surface area contributed by atoms with Crippen LogP contribution in [0.15, 0.2) is 42.7 Å². The minimum atomic E-state index is -1.22. The SMILES string of the molecule is C[C@@H]1C[C@H](N)C[C@H](c2ccncc2CC(=O)c2ccc(F)c(-c3c(F)cc(OCC(C)(C)O)cc3F)n2)C1. The monoisotopic (exact) mass is 527 g/mol. The van der Waals surface area contributed by atoms with E-state index < -0.39 is 40.1 Å². The van der Waals surface area contributed by atoms with Crippen LogP contribution in [0.1, 0.15) is 67.6 Å². The number of hydrogen-bond donors (Lipinski definition) is 2. The summed E-state index contributed by atoms with van der Waals surface area (Å²) in [7, 11) is 0. The van der Waals surface area contributed by atoms with Crippen molar-refractivity contribution in [1.82, 2.24) is 9.97 Å². The molecule has 0 saturated heterocycles. The molecule has 9 heteroatoms. The number of ether oxygens (including phenoxy) is 1. The molecule has 0 aliphatic heterocycles. The Morgan fingerprint density at radius 3 is 2.47 bits per heavy atom. The molecule has 1 fully saturated rings. The van der Waals surface area contributed by atoms with Crippen molar-refractivity contribution in [2.75, 3.05) is 6.61 Å². The van der Waals surface area contributed by atoms with Gasteiger partial charge in [-0.2, -0.15) is 0 Å². The molecule has 1 aliphatic carbocycles. The molecule has 1 saturated carbocycles. The van der Waals surface area contributed by atoms with E-state index in [2.05, 4.69) is 16.9 Å². The van der Waals surface area contributed by atoms with Crippen molar-refractivity contribution in [3.63, 3.8) is 0 Å². The second kappa shape index (κ2) is 11.2. The first kappa shape index (κ1) is 27.7. The summed E-state index contributed by atoms with van der Waals surface area (Å²) in [6.45, 7) is 4.92. The molecule has 1 aliphatic rings. The van der Waals surface area contributed by atoms with Crippen LogP contribution in [-0.2, 0) is 6.42 Å². The summed E-state index contributed by atoms with van der Waals surface area (Å²) >= 11 is 0. The van der Waals surface area contributed by atoms with Crippen molar-refractivity contribution in [2.45, 2.75) is 64.0 Å². The van der Waals surface area contributed by atoms with E-state index in [-0.39, 0.29) is 36.4 Å². The van der Waals surface area contributed by atoms with E-state index in [0.717, 1.165) is 48.6 Å². The van der Waals surface area contributed by atoms with Crippen molar-refractivity contribution in [3.05, 3.63) is 77.0 Å². The summed E-state index contributed by atoms with van der Waals surface area (Å²) in [5.41, 5.74) is 5.30. The number of hydrogen-bond acceptors (Lipinski definition) is 6. The first-order valence-corrected chi connectivity index (χ1v) is 12.6. The van der Waals surface area contributed by atoms with Gasteiger partial charge in [0.1, 0.15) is 41.2 Å². The highest BCUT2D eigenvalue weighted by molar-refractivity contribution is 5.96. The minimum absolute atomic E-state index is 0.0456. The molecule has 38 heavy (non-hydrogen) atoms. The lowest BCUT2D eigenvalue weighted by Gasteiger charge is -2.32. The van der Waals surface area contributed by atoms with Crippen LogP contribution in [0.3, 0.4) is 0 Å². The van der Waals surface area contributed by atoms with Gasteiger partial charge in [-0.15, -0.1) is 0 Å². The lowest BCUT2D eigenvalue weighted by atomic mass is 9.75. The normalized spacial score (nSPS) is 19.8. The number of ketones is 1. The maximum absolute atomic E-state index is 14.9. The van der Waals surface area contributed by atoms with Crippen LogP contribution < -0.4 is 10.5 Å². The Hall–Kier alpha value is -3.30. The number of nitrogens with zero attached hydrogens (tertiary/aromatic N) is 2. The number of nitrogens with two attached hydrogens (primary N) is 1. The minimum Gasteiger partial charge on any atom is -0.490 e. The highest BCUT2D eigenvalue weighted by Gasteiger charge is 2.28. The number of benzene rings is 1. The number of aliphatic hydroxyl groups is 1. The van der Waals surface area contributed by atoms with Crippen LogP contribution in [0, 0.1) is 23.4 Å². The summed E-state index contributed by atoms with van der Waals surface area (Å²) in [6.07, 6.45) is 5.99. The Morgan fingerprint density at radius 1 is 1.11 bits per heavy atom. The number of halogens is 3. The molecular formula is C29H32F3N3O3. The van der Waals surface area contributed by atoms with E-state index in [1.54, 1.807) is 12.4 Å². The van der Waals surface area contributed by atoms with Gasteiger partial charge in [0.25, 0.3) is 0 Å². The fraction of sp³-hybridized carbons (Fsp3) is 0.414. The smallest absolute Gasteiger partial charge is 0.185 e. The van der Waals surface area contributed by atoms with Gasteiger partial charge in [0.15, 0.2) is 5.78 Å². The number of aromatic nitrogens is 2. The molecule has 0 spiro atoms. The molecule has 2 aromatic heterocycles. The molecule has 202 valence electrons. The Kier molecular flexibility index (Phi) is 8.18. The third-order valence-corrected chi connectivity index (χ3v) is 6.69. The highest BCUT2D eigenvalue weighted by Crippen LogP contribution is 2.37. The molecule has 4 rings (SSSR count). The average Bonchev–Trinajstić information content (AvgIpc) is 2.82. The predicted molar refractivity (Wildman–Crippen MR) is 137 cm³/mol. The number of Topliss-reactive ketones (excluding diaryl/α,β-unsaturated/α-hetero) is 1. The van der Waals surface area contributed by atoms with Crippen LogP contribution in [0.5, 0.6) is 5.75 Å². The molecule has 0 bridgehead atoms. The van der Waals surface area contributed by atoms with Crippen molar-refractivity contribution in [2.24, 2.45) is 11.7 Å². The van der Waals surface area contributed by atoms with Gasteiger partial charge in [-0.3, -0.25) is 9.78 Å². The molecule has 3 N–H and O–H groups in total. The third-order valence-electron chi connectivity index (χ3n) is 6.69. The quantitative estimate of drug-likeness (QED) is 0.383. The molecule has 1 aromatic carbocycles. The lowest BCUT2D eigenvalue weighted by molar-refractivity contribution is 0.0282. The van der Waals surface area contributed by atoms with Gasteiger partial charge in [-0.05, 0) is 74.3 Å². The van der Waals surface area contributed by atoms with Crippen LogP contribution in [0.4, 0.5) is 13.2 Å². The van der Waals surface area contributed by atoms with Gasteiger partial charge in [0.2, 0.25) is 0 Å². The third kappa shape index (κ3) is 6.57. The zero-order valence-corrected chi connectivity index (χ0v) is 21.7. The van der Waals surface area contributed by atoms with Crippen molar-refractivity contribution in [1.29, 1.82) is 0 Å². The second-order valence-electron chi connectivity index (χ2n) is 10.8. The topological polar surface area (TPSA) is 98.3 Å². The number of pyridine rings is 2. The zero-order valence-electron chi connectivity index (χ0n) is 21.7. The summed E-state index contributed by atoms with van der Waals surface area (Å²) in [5, 5.41) is 9.78. The molecule has 3 aromatic rings. The maximum atomic E-state index is 14.9. The summed E-state index contributed by atoms with van der Waals surface area (Å²) in [5.74, 6) is -3.14. The van der Waals surface area contributed by atoms with Gasteiger partial charge < -0.3 is 15.6 Å². The summed E-state index contributed by atoms with van der Waals surface area (Å²) < 4.78 is 49.8. The van der Waals surface area contributed by atoms with Gasteiger partial charge in [0, 0.05) is 37.0 Å². The predicted octanol–water partition coefficient (Wildman–Crippen LogP) is 5.37. The standard InChI is InChI=1S/C29H32F3N3O3/c1-16-8-17(10-19(33)9-16)21-6-7-34-14-18(21)11-26(36)25-5-4-22(30)28(35-25)27-23(31)12-20(13-24(27)32)38-15-29(2,3)37/h4-7,12-14,16-17,19,37H,8-11,15,33H2,1-3H3/t16-,17+,19-/m0/s1. The van der Waals surface area contributed by atoms with E-state index in [1.807, 2.05) is 6.07 Å². The largest absolute Gasteiger partial charge is 0.490 e. The molecule has 3 atom stereocenters. The number of carbonyl (C=O) groups excluding carboxylic acids is 1. The summed E-state index contributed by atoms with van der Waals surface area (Å²) in [4.78, 5) is 21.4. The van der Waals surface area contributed by atoms with E-state index in [4.69, 9.17) is 10.5 Å². The number of carbonyl (C=O) groups is 1. The van der Waals surface area contributed by atoms with Crippen molar-refractivity contribution < 1.29 is 27.8 Å². The van der Waals surface area contributed by atoms with Gasteiger partial charge in [-0.25, -0.2) is 18.2 Å². The Balaban J connectivity index is 1.60. The van der Waals surface area contributed by atoms with E-state index in [0.29, 0.717) is 5.92 Å². The lowest BCUT2D eigenvalue weighted by Crippen LogP contribution is -2.31. The Labute approximate surface area is 220 Å². The molecular weight excluding hydrogens is 495 g/mol. The van der Waals surface area contributed by atoms with Gasteiger partial charge >= 0.3 is 0 Å². The fourth-order valence-corrected chi connectivity index (χ4v) is 5.05. The van der Waals surface area contributed by atoms with E-state index in [9.17, 15) is 23.1 Å². The number of rotatable bonds is 8. The second-order valence-corrected chi connectivity index (χ2v) is 10.8. The Morgan fingerprint density at radius 2 is 1.82 bits per heavy atom. The maximum Gasteiger partial charge on any atom is 0.185 e. The van der Waals surface area contributed by atoms with Crippen molar-refractivity contribution >= 4 is 5.78 Å². The van der Waals surface area contributed by atoms with Gasteiger partial charge in [-0.1, -0.05) is 6.92 Å². The van der Waals surface area contributed by atoms with E-state index in [1.165, 1.54) is 19.9 Å². The summed E-state index contributed by atoms with van der Waals surface area (Å²) in [6, 6.07) is 5.92. The molecule has 0 unspecified atom stereocenters. The fourth-order valence-electron chi connectivity index (χ4n) is 5.05. The molecule has 0 radical (unpaired) electrons. The molecule has 6 nitrogen and oxygen atoms in total. The zero-order chi connectivity index (χ0) is 27.6. The van der Waals surface area contributed by atoms with Crippen LogP contribution >= 0.6 is 0 Å².